The molecule has 0 aromatic heterocycles. The Bertz CT molecular complexity index is 965. The molecule has 0 bridgehead atoms. The van der Waals surface area contributed by atoms with E-state index in [0.717, 1.165) is 11.1 Å². The molecule has 0 fully saturated rings. The van der Waals surface area contributed by atoms with Crippen molar-refractivity contribution in [3.05, 3.63) is 57.6 Å². The minimum absolute atomic E-state index is 0.0281. The van der Waals surface area contributed by atoms with Gasteiger partial charge in [0.15, 0.2) is 11.5 Å². The first-order chi connectivity index (χ1) is 14.7. The van der Waals surface area contributed by atoms with E-state index in [1.165, 1.54) is 0 Å². The molecule has 1 atom stereocenters. The average molecular weight is 465 g/mol. The Hall–Kier alpha value is -2.44. The van der Waals surface area contributed by atoms with Crippen LogP contribution in [0.3, 0.4) is 0 Å². The lowest BCUT2D eigenvalue weighted by Crippen LogP contribution is -2.49. The van der Waals surface area contributed by atoms with Gasteiger partial charge in [-0.3, -0.25) is 9.59 Å². The number of carbonyl (C=O) groups excluding carboxylic acids is 2. The summed E-state index contributed by atoms with van der Waals surface area (Å²) in [5.41, 5.74) is 1.69. The van der Waals surface area contributed by atoms with Crippen LogP contribution in [0, 0.1) is 0 Å². The fourth-order valence-electron chi connectivity index (χ4n) is 3.31. The van der Waals surface area contributed by atoms with Crippen molar-refractivity contribution in [2.75, 3.05) is 6.79 Å². The second kappa shape index (κ2) is 10.2. The van der Waals surface area contributed by atoms with Crippen LogP contribution in [0.4, 0.5) is 0 Å². The summed E-state index contributed by atoms with van der Waals surface area (Å²) >= 11 is 12.3. The summed E-state index contributed by atoms with van der Waals surface area (Å²) in [5.74, 6) is 1.03. The van der Waals surface area contributed by atoms with Crippen LogP contribution in [0.25, 0.3) is 0 Å². The van der Waals surface area contributed by atoms with Crippen LogP contribution in [-0.2, 0) is 22.6 Å². The maximum absolute atomic E-state index is 13.2. The van der Waals surface area contributed by atoms with Crippen LogP contribution in [0.1, 0.15) is 38.3 Å². The van der Waals surface area contributed by atoms with Crippen molar-refractivity contribution in [3.8, 4) is 11.5 Å². The molecule has 0 saturated carbocycles. The molecule has 1 aliphatic heterocycles. The van der Waals surface area contributed by atoms with Gasteiger partial charge in [0, 0.05) is 29.1 Å². The van der Waals surface area contributed by atoms with E-state index in [9.17, 15) is 9.59 Å². The summed E-state index contributed by atoms with van der Waals surface area (Å²) in [5, 5.41) is 3.84. The Morgan fingerprint density at radius 1 is 1.06 bits per heavy atom. The molecule has 3 rings (SSSR count). The van der Waals surface area contributed by atoms with E-state index in [1.54, 1.807) is 30.0 Å². The van der Waals surface area contributed by atoms with E-state index in [0.29, 0.717) is 28.0 Å². The number of aryl methyl sites for hydroxylation is 1. The molecule has 1 aliphatic rings. The highest BCUT2D eigenvalue weighted by Crippen LogP contribution is 2.33. The summed E-state index contributed by atoms with van der Waals surface area (Å²) in [4.78, 5) is 27.4. The van der Waals surface area contributed by atoms with Gasteiger partial charge in [0.1, 0.15) is 6.04 Å². The number of nitrogens with one attached hydrogen (secondary N) is 1. The van der Waals surface area contributed by atoms with Crippen molar-refractivity contribution in [1.29, 1.82) is 0 Å². The number of rotatable bonds is 8. The smallest absolute Gasteiger partial charge is 0.242 e. The number of carbonyl (C=O) groups is 2. The number of hydrogen-bond acceptors (Lipinski definition) is 4. The van der Waals surface area contributed by atoms with E-state index in [1.807, 2.05) is 32.0 Å². The maximum atomic E-state index is 13.2. The molecule has 0 saturated heterocycles. The first-order valence-electron chi connectivity index (χ1n) is 10.2. The Morgan fingerprint density at radius 2 is 1.81 bits per heavy atom. The van der Waals surface area contributed by atoms with E-state index >= 15 is 0 Å². The third-order valence-electron chi connectivity index (χ3n) is 5.02. The van der Waals surface area contributed by atoms with E-state index in [-0.39, 0.29) is 37.6 Å². The van der Waals surface area contributed by atoms with Gasteiger partial charge in [-0.25, -0.2) is 0 Å². The zero-order valence-electron chi connectivity index (χ0n) is 17.8. The van der Waals surface area contributed by atoms with Crippen LogP contribution in [0.5, 0.6) is 11.5 Å². The Labute approximate surface area is 192 Å². The second-order valence-electron chi connectivity index (χ2n) is 7.78. The lowest BCUT2D eigenvalue weighted by Gasteiger charge is -2.30. The second-order valence-corrected chi connectivity index (χ2v) is 8.63. The molecule has 6 nitrogen and oxygen atoms in total. The number of fused-ring (bicyclic) bond motifs is 1. The molecule has 0 unspecified atom stereocenters. The zero-order chi connectivity index (χ0) is 22.5. The molecule has 8 heteroatoms. The maximum Gasteiger partial charge on any atom is 0.242 e. The highest BCUT2D eigenvalue weighted by atomic mass is 35.5. The van der Waals surface area contributed by atoms with Crippen molar-refractivity contribution in [3.63, 3.8) is 0 Å². The van der Waals surface area contributed by atoms with Gasteiger partial charge < -0.3 is 19.7 Å². The number of halogens is 2. The third kappa shape index (κ3) is 6.05. The molecular formula is C23H26Cl2N2O4. The van der Waals surface area contributed by atoms with Gasteiger partial charge in [-0.2, -0.15) is 0 Å². The predicted octanol–water partition coefficient (Wildman–Crippen LogP) is 4.60. The van der Waals surface area contributed by atoms with E-state index < -0.39 is 6.04 Å². The van der Waals surface area contributed by atoms with Crippen LogP contribution in [0.15, 0.2) is 36.4 Å². The molecule has 31 heavy (non-hydrogen) atoms. The number of amides is 2. The summed E-state index contributed by atoms with van der Waals surface area (Å²) in [6.07, 6.45) is 0.753. The molecule has 1 heterocycles. The molecule has 0 aliphatic carbocycles. The van der Waals surface area contributed by atoms with Crippen LogP contribution < -0.4 is 14.8 Å². The van der Waals surface area contributed by atoms with E-state index in [2.05, 4.69) is 5.32 Å². The van der Waals surface area contributed by atoms with Gasteiger partial charge in [0.2, 0.25) is 18.6 Å². The lowest BCUT2D eigenvalue weighted by atomic mass is 10.1. The van der Waals surface area contributed by atoms with Crippen molar-refractivity contribution in [1.82, 2.24) is 10.2 Å². The van der Waals surface area contributed by atoms with Gasteiger partial charge in [0.25, 0.3) is 0 Å². The highest BCUT2D eigenvalue weighted by molar-refractivity contribution is 6.35. The normalized spacial score (nSPS) is 13.2. The summed E-state index contributed by atoms with van der Waals surface area (Å²) in [6.45, 7) is 5.90. The third-order valence-corrected chi connectivity index (χ3v) is 5.61. The summed E-state index contributed by atoms with van der Waals surface area (Å²) in [7, 11) is 0. The van der Waals surface area contributed by atoms with Crippen LogP contribution in [0.2, 0.25) is 10.0 Å². The van der Waals surface area contributed by atoms with Gasteiger partial charge >= 0.3 is 0 Å². The average Bonchev–Trinajstić information content (AvgIpc) is 3.18. The van der Waals surface area contributed by atoms with Crippen molar-refractivity contribution in [2.24, 2.45) is 0 Å². The highest BCUT2D eigenvalue weighted by Gasteiger charge is 2.27. The zero-order valence-corrected chi connectivity index (χ0v) is 19.3. The van der Waals surface area contributed by atoms with E-state index in [4.69, 9.17) is 32.7 Å². The standard InChI is InChI=1S/C23H26Cl2N2O4/c1-14(2)26-23(29)15(3)27(12-17-6-7-18(24)11-19(17)25)22(28)9-5-16-4-8-20-21(10-16)31-13-30-20/h4,6-8,10-11,14-15H,5,9,12-13H2,1-3H3,(H,26,29)/t15-/m1/s1. The molecule has 0 radical (unpaired) electrons. The quantitative estimate of drug-likeness (QED) is 0.619. The molecule has 0 spiro atoms. The molecule has 2 aromatic carbocycles. The SMILES string of the molecule is CC(C)NC(=O)[C@@H](C)N(Cc1ccc(Cl)cc1Cl)C(=O)CCc1ccc2c(c1)OCO2. The van der Waals surface area contributed by atoms with Gasteiger partial charge in [-0.1, -0.05) is 35.3 Å². The number of hydrogen-bond donors (Lipinski definition) is 1. The molecule has 1 N–H and O–H groups in total. The lowest BCUT2D eigenvalue weighted by molar-refractivity contribution is -0.140. The van der Waals surface area contributed by atoms with Crippen LogP contribution in [-0.4, -0.2) is 35.6 Å². The largest absolute Gasteiger partial charge is 0.454 e. The monoisotopic (exact) mass is 464 g/mol. The van der Waals surface area contributed by atoms with Gasteiger partial charge in [0.05, 0.1) is 0 Å². The van der Waals surface area contributed by atoms with Crippen LogP contribution >= 0.6 is 23.2 Å². The fourth-order valence-corrected chi connectivity index (χ4v) is 3.78. The summed E-state index contributed by atoms with van der Waals surface area (Å²) in [6, 6.07) is 10.1. The van der Waals surface area contributed by atoms with Crippen molar-refractivity contribution in [2.45, 2.75) is 52.2 Å². The minimum atomic E-state index is -0.654. The molecule has 2 aromatic rings. The molecule has 2 amide bonds. The fraction of sp³-hybridized carbons (Fsp3) is 0.391. The summed E-state index contributed by atoms with van der Waals surface area (Å²) < 4.78 is 10.7. The number of nitrogens with zero attached hydrogens (tertiary/aromatic N) is 1. The van der Waals surface area contributed by atoms with Gasteiger partial charge in [-0.15, -0.1) is 0 Å². The minimum Gasteiger partial charge on any atom is -0.454 e. The van der Waals surface area contributed by atoms with Crippen molar-refractivity contribution < 1.29 is 19.1 Å². The first-order valence-corrected chi connectivity index (χ1v) is 10.9. The number of ether oxygens (including phenoxy) is 2. The Kier molecular flexibility index (Phi) is 7.68. The van der Waals surface area contributed by atoms with Crippen molar-refractivity contribution >= 4 is 35.0 Å². The molecular weight excluding hydrogens is 439 g/mol. The number of benzene rings is 2. The topological polar surface area (TPSA) is 67.9 Å². The Balaban J connectivity index is 1.75. The first kappa shape index (κ1) is 23.2. The van der Waals surface area contributed by atoms with Gasteiger partial charge in [-0.05, 0) is 62.6 Å². The Morgan fingerprint density at radius 3 is 2.52 bits per heavy atom. The molecule has 166 valence electrons. The predicted molar refractivity (Wildman–Crippen MR) is 121 cm³/mol.